The van der Waals surface area contributed by atoms with Gasteiger partial charge in [-0.2, -0.15) is 0 Å². The van der Waals surface area contributed by atoms with Gasteiger partial charge < -0.3 is 14.4 Å². The van der Waals surface area contributed by atoms with E-state index >= 15 is 0 Å². The van der Waals surface area contributed by atoms with E-state index in [1.54, 1.807) is 0 Å². The third-order valence-corrected chi connectivity index (χ3v) is 7.58. The molecule has 0 amide bonds. The number of fused-ring (bicyclic) bond motifs is 1. The zero-order chi connectivity index (χ0) is 21.8. The number of benzene rings is 2. The molecule has 2 heterocycles. The first-order valence-corrected chi connectivity index (χ1v) is 11.3. The quantitative estimate of drug-likeness (QED) is 0.626. The molecule has 1 saturated heterocycles. The molecule has 0 bridgehead atoms. The molecule has 5 nitrogen and oxygen atoms in total. The molecule has 1 spiro atoms. The van der Waals surface area contributed by atoms with Gasteiger partial charge in [0.1, 0.15) is 5.82 Å². The summed E-state index contributed by atoms with van der Waals surface area (Å²) >= 11 is 0. The largest absolute Gasteiger partial charge is 0.481 e. The fourth-order valence-electron chi connectivity index (χ4n) is 5.96. The van der Waals surface area contributed by atoms with Gasteiger partial charge in [0, 0.05) is 19.6 Å². The lowest BCUT2D eigenvalue weighted by atomic mass is 9.63. The highest BCUT2D eigenvalue weighted by atomic mass is 16.5. The first-order chi connectivity index (χ1) is 14.9. The highest BCUT2D eigenvalue weighted by Crippen LogP contribution is 2.51. The Balaban J connectivity index is 1.47. The Hall–Kier alpha value is -2.66. The first kappa shape index (κ1) is 20.3. The number of carbonyl (C=O) groups is 1. The Labute approximate surface area is 183 Å². The van der Waals surface area contributed by atoms with Crippen molar-refractivity contribution in [1.29, 1.82) is 0 Å². The van der Waals surface area contributed by atoms with Crippen LogP contribution in [0.1, 0.15) is 49.9 Å². The van der Waals surface area contributed by atoms with Crippen LogP contribution >= 0.6 is 0 Å². The number of ether oxygens (including phenoxy) is 1. The van der Waals surface area contributed by atoms with E-state index in [1.165, 1.54) is 0 Å². The maximum atomic E-state index is 12.1. The van der Waals surface area contributed by atoms with Crippen LogP contribution in [0.2, 0.25) is 0 Å². The molecule has 2 aliphatic rings. The summed E-state index contributed by atoms with van der Waals surface area (Å²) in [5, 5.41) is 9.98. The van der Waals surface area contributed by atoms with E-state index in [4.69, 9.17) is 4.74 Å². The lowest BCUT2D eigenvalue weighted by Crippen LogP contribution is -2.44. The third kappa shape index (κ3) is 3.45. The minimum Gasteiger partial charge on any atom is -0.481 e. The number of imidazole rings is 1. The lowest BCUT2D eigenvalue weighted by molar-refractivity contribution is -0.150. The molecule has 5 rings (SSSR count). The maximum absolute atomic E-state index is 12.1. The van der Waals surface area contributed by atoms with Crippen molar-refractivity contribution in [2.45, 2.75) is 51.0 Å². The summed E-state index contributed by atoms with van der Waals surface area (Å²) in [7, 11) is 2.03. The summed E-state index contributed by atoms with van der Waals surface area (Å²) in [6.45, 7) is 4.89. The van der Waals surface area contributed by atoms with Gasteiger partial charge in [0.25, 0.3) is 0 Å². The predicted octanol–water partition coefficient (Wildman–Crippen LogP) is 5.31. The fraction of sp³-hybridized carbons (Fsp3) is 0.462. The molecule has 1 unspecified atom stereocenters. The van der Waals surface area contributed by atoms with Gasteiger partial charge in [-0.1, -0.05) is 37.3 Å². The van der Waals surface area contributed by atoms with Crippen molar-refractivity contribution in [3.05, 3.63) is 53.9 Å². The Kier molecular flexibility index (Phi) is 4.89. The molecule has 1 N–H and O–H groups in total. The number of hydrogen-bond donors (Lipinski definition) is 1. The van der Waals surface area contributed by atoms with Crippen molar-refractivity contribution in [3.8, 4) is 11.1 Å². The molecule has 1 aliphatic heterocycles. The molecule has 2 fully saturated rings. The molecule has 1 aliphatic carbocycles. The van der Waals surface area contributed by atoms with E-state index in [0.717, 1.165) is 65.8 Å². The summed E-state index contributed by atoms with van der Waals surface area (Å²) in [4.78, 5) is 16.8. The summed E-state index contributed by atoms with van der Waals surface area (Å²) in [6, 6.07) is 14.8. The van der Waals surface area contributed by atoms with Crippen LogP contribution in [-0.4, -0.2) is 32.8 Å². The second kappa shape index (κ2) is 7.49. The second-order valence-corrected chi connectivity index (χ2v) is 9.53. The number of nitrogens with zero attached hydrogens (tertiary/aromatic N) is 2. The van der Waals surface area contributed by atoms with Crippen molar-refractivity contribution in [1.82, 2.24) is 9.55 Å². The predicted molar refractivity (Wildman–Crippen MR) is 121 cm³/mol. The average molecular weight is 419 g/mol. The monoisotopic (exact) mass is 418 g/mol. The van der Waals surface area contributed by atoms with Crippen LogP contribution in [0.5, 0.6) is 0 Å². The molecule has 3 aromatic rings. The van der Waals surface area contributed by atoms with Crippen LogP contribution in [0.3, 0.4) is 0 Å². The normalized spacial score (nSPS) is 28.4. The number of aliphatic carboxylic acids is 1. The second-order valence-electron chi connectivity index (χ2n) is 9.53. The zero-order valence-electron chi connectivity index (χ0n) is 18.5. The van der Waals surface area contributed by atoms with Crippen molar-refractivity contribution in [2.75, 3.05) is 6.61 Å². The number of carboxylic acids is 1. The SMILES string of the molecule is Cc1nc2cc(-c3ccc([C@@H]4C[C@@]5(CCCO5)C[C@H](C)C4C(=O)O)cc3)ccc2n1C. The van der Waals surface area contributed by atoms with Crippen LogP contribution < -0.4 is 0 Å². The van der Waals surface area contributed by atoms with Crippen molar-refractivity contribution >= 4 is 17.0 Å². The molecule has 1 saturated carbocycles. The topological polar surface area (TPSA) is 64.3 Å². The summed E-state index contributed by atoms with van der Waals surface area (Å²) in [5.74, 6) is 0.0220. The fourth-order valence-corrected chi connectivity index (χ4v) is 5.96. The molecule has 0 radical (unpaired) electrons. The Morgan fingerprint density at radius 3 is 2.58 bits per heavy atom. The van der Waals surface area contributed by atoms with E-state index in [9.17, 15) is 9.90 Å². The van der Waals surface area contributed by atoms with Crippen LogP contribution in [0.4, 0.5) is 0 Å². The molecular weight excluding hydrogens is 388 g/mol. The third-order valence-electron chi connectivity index (χ3n) is 7.58. The molecular formula is C26H30N2O3. The highest BCUT2D eigenvalue weighted by molar-refractivity contribution is 5.82. The molecule has 31 heavy (non-hydrogen) atoms. The number of hydrogen-bond acceptors (Lipinski definition) is 3. The van der Waals surface area contributed by atoms with Gasteiger partial charge in [0.15, 0.2) is 0 Å². The van der Waals surface area contributed by atoms with Gasteiger partial charge in [0.2, 0.25) is 0 Å². The van der Waals surface area contributed by atoms with Gasteiger partial charge in [-0.3, -0.25) is 4.79 Å². The smallest absolute Gasteiger partial charge is 0.307 e. The molecule has 1 aromatic heterocycles. The van der Waals surface area contributed by atoms with Gasteiger partial charge in [0.05, 0.1) is 22.6 Å². The van der Waals surface area contributed by atoms with Crippen LogP contribution in [-0.2, 0) is 16.6 Å². The number of carboxylic acid groups (broad SMARTS) is 1. The van der Waals surface area contributed by atoms with Crippen LogP contribution in [0, 0.1) is 18.8 Å². The Morgan fingerprint density at radius 1 is 1.16 bits per heavy atom. The number of aryl methyl sites for hydroxylation is 2. The van der Waals surface area contributed by atoms with Crippen LogP contribution in [0.25, 0.3) is 22.2 Å². The molecule has 2 aromatic carbocycles. The first-order valence-electron chi connectivity index (χ1n) is 11.3. The minimum absolute atomic E-state index is 0.0191. The van der Waals surface area contributed by atoms with E-state index in [0.29, 0.717) is 0 Å². The zero-order valence-corrected chi connectivity index (χ0v) is 18.5. The van der Waals surface area contributed by atoms with Crippen molar-refractivity contribution < 1.29 is 14.6 Å². The van der Waals surface area contributed by atoms with E-state index in [-0.39, 0.29) is 23.4 Å². The van der Waals surface area contributed by atoms with Crippen molar-refractivity contribution in [2.24, 2.45) is 18.9 Å². The molecule has 162 valence electrons. The minimum atomic E-state index is -0.689. The Morgan fingerprint density at radius 2 is 1.90 bits per heavy atom. The number of rotatable bonds is 3. The van der Waals surface area contributed by atoms with Gasteiger partial charge >= 0.3 is 5.97 Å². The molecule has 4 atom stereocenters. The summed E-state index contributed by atoms with van der Waals surface area (Å²) in [5.41, 5.74) is 5.33. The average Bonchev–Trinajstić information content (AvgIpc) is 3.31. The Bertz CT molecular complexity index is 1130. The van der Waals surface area contributed by atoms with E-state index < -0.39 is 5.97 Å². The summed E-state index contributed by atoms with van der Waals surface area (Å²) < 4.78 is 8.27. The van der Waals surface area contributed by atoms with Crippen LogP contribution in [0.15, 0.2) is 42.5 Å². The van der Waals surface area contributed by atoms with E-state index in [1.807, 2.05) is 14.0 Å². The lowest BCUT2D eigenvalue weighted by Gasteiger charge is -2.44. The maximum Gasteiger partial charge on any atom is 0.307 e. The highest BCUT2D eigenvalue weighted by Gasteiger charge is 2.49. The standard InChI is InChI=1S/C26H30N2O3/c1-16-14-26(11-4-12-31-26)15-21(24(16)25(29)30)19-7-5-18(6-8-19)20-9-10-23-22(13-20)27-17(2)28(23)3/h5-10,13,16,21,24H,4,11-12,14-15H2,1-3H3,(H,29,30)/t16-,21-,24?,26+/m0/s1. The van der Waals surface area contributed by atoms with Gasteiger partial charge in [-0.25, -0.2) is 4.98 Å². The number of aromatic nitrogens is 2. The van der Waals surface area contributed by atoms with E-state index in [2.05, 4.69) is 58.9 Å². The summed E-state index contributed by atoms with van der Waals surface area (Å²) in [6.07, 6.45) is 3.77. The molecule has 5 heteroatoms. The van der Waals surface area contributed by atoms with Gasteiger partial charge in [-0.15, -0.1) is 0 Å². The van der Waals surface area contributed by atoms with Gasteiger partial charge in [-0.05, 0) is 67.3 Å². The van der Waals surface area contributed by atoms with Crippen molar-refractivity contribution in [3.63, 3.8) is 0 Å².